The highest BCUT2D eigenvalue weighted by atomic mass is 35.5. The number of halogens is 2. The fraction of sp³-hybridized carbons (Fsp3) is 0.154. The van der Waals surface area contributed by atoms with Crippen LogP contribution >= 0.6 is 23.2 Å². The minimum absolute atomic E-state index is 0.129. The molecule has 104 valence electrons. The van der Waals surface area contributed by atoms with Crippen LogP contribution in [-0.4, -0.2) is 22.0 Å². The molecule has 0 bridgehead atoms. The Morgan fingerprint density at radius 1 is 1.35 bits per heavy atom. The average Bonchev–Trinajstić information content (AvgIpc) is 2.38. The van der Waals surface area contributed by atoms with Crippen LogP contribution in [0, 0.1) is 0 Å². The second-order valence-corrected chi connectivity index (χ2v) is 4.73. The molecule has 0 aliphatic carbocycles. The van der Waals surface area contributed by atoms with Gasteiger partial charge >= 0.3 is 0 Å². The molecule has 5 nitrogen and oxygen atoms in total. The monoisotopic (exact) mass is 311 g/mol. The van der Waals surface area contributed by atoms with Crippen molar-refractivity contribution in [3.05, 3.63) is 46.7 Å². The van der Waals surface area contributed by atoms with Crippen molar-refractivity contribution in [2.24, 2.45) is 0 Å². The van der Waals surface area contributed by atoms with Gasteiger partial charge in [-0.05, 0) is 31.2 Å². The van der Waals surface area contributed by atoms with E-state index in [1.807, 2.05) is 0 Å². The van der Waals surface area contributed by atoms with Crippen molar-refractivity contribution < 1.29 is 9.53 Å². The van der Waals surface area contributed by atoms with Gasteiger partial charge in [0.05, 0.1) is 0 Å². The van der Waals surface area contributed by atoms with E-state index in [0.29, 0.717) is 10.8 Å². The van der Waals surface area contributed by atoms with Gasteiger partial charge in [0.1, 0.15) is 10.9 Å². The smallest absolute Gasteiger partial charge is 0.267 e. The van der Waals surface area contributed by atoms with Gasteiger partial charge in [-0.1, -0.05) is 29.3 Å². The van der Waals surface area contributed by atoms with Crippen molar-refractivity contribution in [2.75, 3.05) is 5.32 Å². The second kappa shape index (κ2) is 6.54. The molecule has 20 heavy (non-hydrogen) atoms. The van der Waals surface area contributed by atoms with E-state index in [1.54, 1.807) is 31.2 Å². The van der Waals surface area contributed by atoms with Crippen LogP contribution < -0.4 is 10.1 Å². The Morgan fingerprint density at radius 2 is 2.15 bits per heavy atom. The lowest BCUT2D eigenvalue weighted by Crippen LogP contribution is -2.30. The first-order chi connectivity index (χ1) is 9.54. The Morgan fingerprint density at radius 3 is 2.85 bits per heavy atom. The zero-order valence-corrected chi connectivity index (χ0v) is 12.0. The van der Waals surface area contributed by atoms with Crippen molar-refractivity contribution >= 4 is 35.1 Å². The highest BCUT2D eigenvalue weighted by molar-refractivity contribution is 6.30. The number of nitrogens with one attached hydrogen (secondary N) is 1. The summed E-state index contributed by atoms with van der Waals surface area (Å²) >= 11 is 11.5. The molecule has 0 radical (unpaired) electrons. The van der Waals surface area contributed by atoms with Crippen LogP contribution in [0.15, 0.2) is 36.5 Å². The van der Waals surface area contributed by atoms with Gasteiger partial charge in [0.25, 0.3) is 5.91 Å². The summed E-state index contributed by atoms with van der Waals surface area (Å²) in [5, 5.41) is 3.30. The lowest BCUT2D eigenvalue weighted by molar-refractivity contribution is -0.122. The van der Waals surface area contributed by atoms with Gasteiger partial charge in [0.15, 0.2) is 6.10 Å². The first-order valence-electron chi connectivity index (χ1n) is 5.76. The number of anilines is 1. The Kier molecular flexibility index (Phi) is 4.76. The van der Waals surface area contributed by atoms with Crippen LogP contribution in [0.2, 0.25) is 10.2 Å². The van der Waals surface area contributed by atoms with Crippen LogP contribution in [0.5, 0.6) is 5.75 Å². The summed E-state index contributed by atoms with van der Waals surface area (Å²) in [6.07, 6.45) is 0.726. The maximum atomic E-state index is 11.9. The lowest BCUT2D eigenvalue weighted by atomic mass is 10.3. The Labute approximate surface area is 125 Å². The normalized spacial score (nSPS) is 11.8. The highest BCUT2D eigenvalue weighted by Gasteiger charge is 2.16. The van der Waals surface area contributed by atoms with Gasteiger partial charge < -0.3 is 4.74 Å². The van der Waals surface area contributed by atoms with Crippen molar-refractivity contribution in [3.63, 3.8) is 0 Å². The molecule has 0 aliphatic rings. The molecule has 1 aromatic heterocycles. The molecule has 1 amide bonds. The number of rotatable bonds is 4. The molecule has 0 fully saturated rings. The molecule has 0 aliphatic heterocycles. The third-order valence-electron chi connectivity index (χ3n) is 2.33. The molecule has 7 heteroatoms. The number of amides is 1. The maximum absolute atomic E-state index is 11.9. The van der Waals surface area contributed by atoms with Gasteiger partial charge in [-0.3, -0.25) is 10.1 Å². The number of hydrogen-bond donors (Lipinski definition) is 1. The summed E-state index contributed by atoms with van der Waals surface area (Å²) in [7, 11) is 0. The van der Waals surface area contributed by atoms with Gasteiger partial charge in [-0.2, -0.15) is 0 Å². The van der Waals surface area contributed by atoms with E-state index >= 15 is 0 Å². The molecule has 0 saturated carbocycles. The predicted octanol–water partition coefficient (Wildman–Crippen LogP) is 3.19. The van der Waals surface area contributed by atoms with Gasteiger partial charge in [0, 0.05) is 11.2 Å². The number of aromatic nitrogens is 2. The van der Waals surface area contributed by atoms with Crippen molar-refractivity contribution in [1.82, 2.24) is 9.97 Å². The van der Waals surface area contributed by atoms with E-state index in [9.17, 15) is 4.79 Å². The third kappa shape index (κ3) is 4.08. The van der Waals surface area contributed by atoms with E-state index in [1.165, 1.54) is 12.3 Å². The average molecular weight is 312 g/mol. The van der Waals surface area contributed by atoms with E-state index in [4.69, 9.17) is 27.9 Å². The van der Waals surface area contributed by atoms with Crippen molar-refractivity contribution in [2.45, 2.75) is 13.0 Å². The Balaban J connectivity index is 1.98. The second-order valence-electron chi connectivity index (χ2n) is 3.91. The fourth-order valence-electron chi connectivity index (χ4n) is 1.41. The maximum Gasteiger partial charge on any atom is 0.267 e. The Bertz CT molecular complexity index is 622. The van der Waals surface area contributed by atoms with Crippen LogP contribution in [-0.2, 0) is 4.79 Å². The highest BCUT2D eigenvalue weighted by Crippen LogP contribution is 2.18. The summed E-state index contributed by atoms with van der Waals surface area (Å²) < 4.78 is 5.47. The number of carbonyl (C=O) groups is 1. The summed E-state index contributed by atoms with van der Waals surface area (Å²) in [5.41, 5.74) is 0. The zero-order chi connectivity index (χ0) is 14.5. The minimum Gasteiger partial charge on any atom is -0.481 e. The molecule has 0 saturated heterocycles. The first kappa shape index (κ1) is 14.6. The van der Waals surface area contributed by atoms with Crippen LogP contribution in [0.4, 0.5) is 5.95 Å². The topological polar surface area (TPSA) is 64.1 Å². The molecule has 0 spiro atoms. The lowest BCUT2D eigenvalue weighted by Gasteiger charge is -2.14. The van der Waals surface area contributed by atoms with Crippen LogP contribution in [0.3, 0.4) is 0 Å². The molecular weight excluding hydrogens is 301 g/mol. The number of carbonyl (C=O) groups excluding carboxylic acids is 1. The molecule has 1 heterocycles. The number of hydrogen-bond acceptors (Lipinski definition) is 4. The quantitative estimate of drug-likeness (QED) is 0.881. The zero-order valence-electron chi connectivity index (χ0n) is 10.5. The molecule has 1 N–H and O–H groups in total. The molecule has 1 atom stereocenters. The van der Waals surface area contributed by atoms with Gasteiger partial charge in [-0.15, -0.1) is 0 Å². The first-order valence-corrected chi connectivity index (χ1v) is 6.52. The SMILES string of the molecule is CC(Oc1cccc(Cl)c1)C(=O)Nc1nccc(Cl)n1. The molecule has 1 aromatic carbocycles. The molecule has 2 rings (SSSR count). The Hall–Kier alpha value is -1.85. The summed E-state index contributed by atoms with van der Waals surface area (Å²) in [4.78, 5) is 19.7. The third-order valence-corrected chi connectivity index (χ3v) is 2.78. The van der Waals surface area contributed by atoms with Crippen molar-refractivity contribution in [3.8, 4) is 5.75 Å². The fourth-order valence-corrected chi connectivity index (χ4v) is 1.72. The number of benzene rings is 1. The molecule has 2 aromatic rings. The largest absolute Gasteiger partial charge is 0.481 e. The predicted molar refractivity (Wildman–Crippen MR) is 77.2 cm³/mol. The summed E-state index contributed by atoms with van der Waals surface area (Å²) in [6.45, 7) is 1.61. The van der Waals surface area contributed by atoms with E-state index in [-0.39, 0.29) is 17.0 Å². The minimum atomic E-state index is -0.726. The van der Waals surface area contributed by atoms with Gasteiger partial charge in [-0.25, -0.2) is 9.97 Å². The van der Waals surface area contributed by atoms with Crippen LogP contribution in [0.25, 0.3) is 0 Å². The molecular formula is C13H11Cl2N3O2. The summed E-state index contributed by atoms with van der Waals surface area (Å²) in [5.74, 6) is 0.253. The number of ether oxygens (including phenoxy) is 1. The molecule has 1 unspecified atom stereocenters. The summed E-state index contributed by atoms with van der Waals surface area (Å²) in [6, 6.07) is 8.32. The van der Waals surface area contributed by atoms with E-state index < -0.39 is 6.10 Å². The number of nitrogens with zero attached hydrogens (tertiary/aromatic N) is 2. The van der Waals surface area contributed by atoms with E-state index in [0.717, 1.165) is 0 Å². The van der Waals surface area contributed by atoms with E-state index in [2.05, 4.69) is 15.3 Å². The van der Waals surface area contributed by atoms with Crippen molar-refractivity contribution in [1.29, 1.82) is 0 Å². The van der Waals surface area contributed by atoms with Gasteiger partial charge in [0.2, 0.25) is 5.95 Å². The standard InChI is InChI=1S/C13H11Cl2N3O2/c1-8(20-10-4-2-3-9(14)7-10)12(19)18-13-16-6-5-11(15)17-13/h2-8H,1H3,(H,16,17,18,19). The van der Waals surface area contributed by atoms with Crippen LogP contribution in [0.1, 0.15) is 6.92 Å².